The van der Waals surface area contributed by atoms with Crippen LogP contribution in [0.2, 0.25) is 0 Å². The van der Waals surface area contributed by atoms with Gasteiger partial charge in [-0.25, -0.2) is 4.98 Å². The van der Waals surface area contributed by atoms with E-state index >= 15 is 0 Å². The van der Waals surface area contributed by atoms with Crippen molar-refractivity contribution in [3.05, 3.63) is 34.8 Å². The van der Waals surface area contributed by atoms with Crippen molar-refractivity contribution in [1.82, 2.24) is 4.98 Å². The lowest BCUT2D eigenvalue weighted by molar-refractivity contribution is 0.415. The zero-order valence-corrected chi connectivity index (χ0v) is 11.6. The van der Waals surface area contributed by atoms with Gasteiger partial charge in [-0.2, -0.15) is 0 Å². The maximum atomic E-state index is 5.77. The molecule has 0 spiro atoms. The first-order valence-electron chi connectivity index (χ1n) is 6.11. The predicted octanol–water partition coefficient (Wildman–Crippen LogP) is 3.23. The lowest BCUT2D eigenvalue weighted by Gasteiger charge is -2.01. The minimum Gasteiger partial charge on any atom is -0.497 e. The molecule has 0 fully saturated rings. The second kappa shape index (κ2) is 5.98. The van der Waals surface area contributed by atoms with Crippen LogP contribution in [0, 0.1) is 0 Å². The van der Waals surface area contributed by atoms with E-state index in [1.807, 2.05) is 18.2 Å². The number of benzene rings is 1. The van der Waals surface area contributed by atoms with Crippen LogP contribution in [0.3, 0.4) is 0 Å². The molecular weight excluding hydrogens is 244 g/mol. The molecule has 3 nitrogen and oxygen atoms in total. The Morgan fingerprint density at radius 1 is 1.39 bits per heavy atom. The Bertz CT molecular complexity index is 522. The summed E-state index contributed by atoms with van der Waals surface area (Å²) >= 11 is 1.68. The molecule has 0 aliphatic heterocycles. The van der Waals surface area contributed by atoms with E-state index < -0.39 is 0 Å². The first kappa shape index (κ1) is 13.1. The number of hydrogen-bond donors (Lipinski definition) is 1. The average Bonchev–Trinajstić information content (AvgIpc) is 2.82. The van der Waals surface area contributed by atoms with Crippen LogP contribution in [0.4, 0.5) is 0 Å². The van der Waals surface area contributed by atoms with Crippen LogP contribution in [0.1, 0.15) is 23.9 Å². The molecule has 0 atom stereocenters. The number of nitrogens with two attached hydrogens (primary N) is 1. The van der Waals surface area contributed by atoms with Crippen LogP contribution in [0.5, 0.6) is 5.75 Å². The summed E-state index contributed by atoms with van der Waals surface area (Å²) in [6, 6.07) is 7.98. The van der Waals surface area contributed by atoms with Crippen LogP contribution in [0.15, 0.2) is 24.3 Å². The summed E-state index contributed by atoms with van der Waals surface area (Å²) < 4.78 is 5.24. The van der Waals surface area contributed by atoms with Gasteiger partial charge in [0.1, 0.15) is 10.8 Å². The van der Waals surface area contributed by atoms with Crippen LogP contribution >= 0.6 is 11.3 Å². The maximum Gasteiger partial charge on any atom is 0.124 e. The number of aromatic nitrogens is 1. The zero-order chi connectivity index (χ0) is 13.0. The third-order valence-electron chi connectivity index (χ3n) is 2.77. The lowest BCUT2D eigenvalue weighted by Crippen LogP contribution is -1.97. The van der Waals surface area contributed by atoms with Gasteiger partial charge in [-0.1, -0.05) is 25.5 Å². The van der Waals surface area contributed by atoms with Gasteiger partial charge < -0.3 is 10.5 Å². The third kappa shape index (κ3) is 2.71. The molecule has 2 N–H and O–H groups in total. The zero-order valence-electron chi connectivity index (χ0n) is 10.8. The Morgan fingerprint density at radius 2 is 2.22 bits per heavy atom. The van der Waals surface area contributed by atoms with Gasteiger partial charge in [0.15, 0.2) is 0 Å². The highest BCUT2D eigenvalue weighted by Gasteiger charge is 2.11. The van der Waals surface area contributed by atoms with Crippen LogP contribution in [-0.2, 0) is 13.0 Å². The molecule has 4 heteroatoms. The summed E-state index contributed by atoms with van der Waals surface area (Å²) in [6.45, 7) is 2.72. The summed E-state index contributed by atoms with van der Waals surface area (Å²) in [6.07, 6.45) is 2.08. The van der Waals surface area contributed by atoms with E-state index in [1.54, 1.807) is 18.4 Å². The summed E-state index contributed by atoms with van der Waals surface area (Å²) in [5, 5.41) is 1.03. The van der Waals surface area contributed by atoms with Gasteiger partial charge in [0.05, 0.1) is 12.8 Å². The van der Waals surface area contributed by atoms with Crippen molar-refractivity contribution in [1.29, 1.82) is 0 Å². The van der Waals surface area contributed by atoms with Gasteiger partial charge in [0.2, 0.25) is 0 Å². The Hall–Kier alpha value is -1.39. The second-order valence-electron chi connectivity index (χ2n) is 4.07. The highest BCUT2D eigenvalue weighted by molar-refractivity contribution is 7.15. The van der Waals surface area contributed by atoms with E-state index in [4.69, 9.17) is 15.5 Å². The Labute approximate surface area is 112 Å². The van der Waals surface area contributed by atoms with Crippen LogP contribution in [0.25, 0.3) is 10.6 Å². The van der Waals surface area contributed by atoms with E-state index in [1.165, 1.54) is 4.88 Å². The first-order chi connectivity index (χ1) is 8.78. The fraction of sp³-hybridized carbons (Fsp3) is 0.357. The summed E-state index contributed by atoms with van der Waals surface area (Å²) in [5.41, 5.74) is 8.01. The SMILES string of the molecule is CCCc1nc(-c2cccc(OC)c2)sc1CN. The highest BCUT2D eigenvalue weighted by atomic mass is 32.1. The molecule has 18 heavy (non-hydrogen) atoms. The number of nitrogens with zero attached hydrogens (tertiary/aromatic N) is 1. The number of thiazole rings is 1. The number of hydrogen-bond acceptors (Lipinski definition) is 4. The smallest absolute Gasteiger partial charge is 0.124 e. The van der Waals surface area contributed by atoms with Gasteiger partial charge >= 0.3 is 0 Å². The van der Waals surface area contributed by atoms with Gasteiger partial charge in [0, 0.05) is 17.0 Å². The predicted molar refractivity (Wildman–Crippen MR) is 76.0 cm³/mol. The molecule has 1 heterocycles. The summed E-state index contributed by atoms with van der Waals surface area (Å²) in [7, 11) is 1.68. The quantitative estimate of drug-likeness (QED) is 0.900. The Morgan fingerprint density at radius 3 is 2.89 bits per heavy atom. The van der Waals surface area contributed by atoms with Crippen LogP contribution < -0.4 is 10.5 Å². The first-order valence-corrected chi connectivity index (χ1v) is 6.93. The molecule has 0 saturated heterocycles. The average molecular weight is 262 g/mol. The monoisotopic (exact) mass is 262 g/mol. The molecule has 0 unspecified atom stereocenters. The second-order valence-corrected chi connectivity index (χ2v) is 5.16. The van der Waals surface area contributed by atoms with Crippen molar-refractivity contribution < 1.29 is 4.74 Å². The molecule has 0 radical (unpaired) electrons. The highest BCUT2D eigenvalue weighted by Crippen LogP contribution is 2.30. The van der Waals surface area contributed by atoms with E-state index in [-0.39, 0.29) is 0 Å². The number of methoxy groups -OCH3 is 1. The van der Waals surface area contributed by atoms with E-state index in [9.17, 15) is 0 Å². The number of rotatable bonds is 5. The molecule has 0 amide bonds. The molecule has 1 aromatic heterocycles. The molecule has 0 aliphatic carbocycles. The van der Waals surface area contributed by atoms with Crippen molar-refractivity contribution in [2.24, 2.45) is 5.73 Å². The van der Waals surface area contributed by atoms with Gasteiger partial charge in [-0.3, -0.25) is 0 Å². The van der Waals surface area contributed by atoms with Gasteiger partial charge in [0.25, 0.3) is 0 Å². The van der Waals surface area contributed by atoms with Crippen molar-refractivity contribution >= 4 is 11.3 Å². The van der Waals surface area contributed by atoms with Crippen molar-refractivity contribution in [3.8, 4) is 16.3 Å². The Kier molecular flexibility index (Phi) is 4.33. The molecule has 2 aromatic rings. The minimum absolute atomic E-state index is 0.566. The fourth-order valence-electron chi connectivity index (χ4n) is 1.85. The largest absolute Gasteiger partial charge is 0.497 e. The standard InChI is InChI=1S/C14H18N2OS/c1-3-5-12-13(9-15)18-14(16-12)10-6-4-7-11(8-10)17-2/h4,6-8H,3,5,9,15H2,1-2H3. The summed E-state index contributed by atoms with van der Waals surface area (Å²) in [5.74, 6) is 0.856. The molecule has 96 valence electrons. The van der Waals surface area contributed by atoms with E-state index in [0.29, 0.717) is 6.54 Å². The maximum absolute atomic E-state index is 5.77. The topological polar surface area (TPSA) is 48.1 Å². The molecular formula is C14H18N2OS. The van der Waals surface area contributed by atoms with Crippen molar-refractivity contribution in [3.63, 3.8) is 0 Å². The molecule has 0 saturated carbocycles. The van der Waals surface area contributed by atoms with E-state index in [2.05, 4.69) is 13.0 Å². The normalized spacial score (nSPS) is 10.6. The molecule has 0 aliphatic rings. The van der Waals surface area contributed by atoms with Crippen LogP contribution in [-0.4, -0.2) is 12.1 Å². The number of aryl methyl sites for hydroxylation is 1. The van der Waals surface area contributed by atoms with E-state index in [0.717, 1.165) is 34.9 Å². The van der Waals surface area contributed by atoms with Gasteiger partial charge in [-0.05, 0) is 18.6 Å². The summed E-state index contributed by atoms with van der Waals surface area (Å²) in [4.78, 5) is 5.89. The van der Waals surface area contributed by atoms with Crippen molar-refractivity contribution in [2.75, 3.05) is 7.11 Å². The minimum atomic E-state index is 0.566. The fourth-order valence-corrected chi connectivity index (χ4v) is 2.84. The van der Waals surface area contributed by atoms with Gasteiger partial charge in [-0.15, -0.1) is 11.3 Å². The van der Waals surface area contributed by atoms with Crippen molar-refractivity contribution in [2.45, 2.75) is 26.3 Å². The molecule has 2 rings (SSSR count). The lowest BCUT2D eigenvalue weighted by atomic mass is 10.2. The number of ether oxygens (including phenoxy) is 1. The third-order valence-corrected chi connectivity index (χ3v) is 3.94. The Balaban J connectivity index is 2.37. The molecule has 0 bridgehead atoms. The molecule has 1 aromatic carbocycles.